The Bertz CT molecular complexity index is 1730. The van der Waals surface area contributed by atoms with Gasteiger partial charge in [0.15, 0.2) is 0 Å². The molecule has 0 atom stereocenters. The van der Waals surface area contributed by atoms with E-state index in [9.17, 15) is 4.79 Å². The van der Waals surface area contributed by atoms with Crippen molar-refractivity contribution in [1.82, 2.24) is 14.9 Å². The van der Waals surface area contributed by atoms with E-state index in [4.69, 9.17) is 28.9 Å². The highest BCUT2D eigenvalue weighted by Gasteiger charge is 2.37. The third-order valence-electron chi connectivity index (χ3n) is 8.83. The molecule has 1 aromatic heterocycles. The number of aryl methyl sites for hydroxylation is 4. The maximum Gasteiger partial charge on any atom is 0.335 e. The molecule has 0 bridgehead atoms. The molecule has 0 unspecified atom stereocenters. The molecule has 246 valence electrons. The van der Waals surface area contributed by atoms with Crippen LogP contribution < -0.4 is 24.0 Å². The molecule has 0 aliphatic carbocycles. The number of methoxy groups -OCH3 is 2. The molecule has 1 fully saturated rings. The largest absolute Gasteiger partial charge is 0.497 e. The first-order valence-corrected chi connectivity index (χ1v) is 16.0. The Morgan fingerprint density at radius 2 is 1.62 bits per heavy atom. The summed E-state index contributed by atoms with van der Waals surface area (Å²) in [5.74, 6) is 3.22. The zero-order valence-corrected chi connectivity index (χ0v) is 28.1. The predicted molar refractivity (Wildman–Crippen MR) is 183 cm³/mol. The standard InChI is InChI=1S/C37H43N5O5/c1-24-8-7-9-25(2)34(24)41-23-29-22-38-33(39-36(29)42(37(41)43)31-11-10-30(44-5)21-32(31)45-6)20-28-18-26(3)35(27(4)19-28)47-17-14-40-12-15-46-16-13-40/h7-11,18-19,21-22H,12-17,20,23H2,1-6H3. The van der Waals surface area contributed by atoms with Crippen LogP contribution in [0.25, 0.3) is 0 Å². The van der Waals surface area contributed by atoms with E-state index in [0.717, 1.165) is 77.7 Å². The summed E-state index contributed by atoms with van der Waals surface area (Å²) < 4.78 is 22.9. The Labute approximate surface area is 276 Å². The number of hydrogen-bond donors (Lipinski definition) is 0. The van der Waals surface area contributed by atoms with Gasteiger partial charge >= 0.3 is 6.03 Å². The molecule has 2 aliphatic heterocycles. The van der Waals surface area contributed by atoms with Crippen molar-refractivity contribution < 1.29 is 23.7 Å². The van der Waals surface area contributed by atoms with Crippen molar-refractivity contribution in [3.63, 3.8) is 0 Å². The number of ether oxygens (including phenoxy) is 4. The minimum Gasteiger partial charge on any atom is -0.497 e. The van der Waals surface area contributed by atoms with E-state index in [1.54, 1.807) is 30.1 Å². The minimum atomic E-state index is -0.215. The lowest BCUT2D eigenvalue weighted by molar-refractivity contribution is 0.0322. The summed E-state index contributed by atoms with van der Waals surface area (Å²) in [6.07, 6.45) is 2.35. The first kappa shape index (κ1) is 32.3. The second-order valence-electron chi connectivity index (χ2n) is 12.2. The van der Waals surface area contributed by atoms with Gasteiger partial charge in [-0.2, -0.15) is 0 Å². The van der Waals surface area contributed by atoms with Crippen molar-refractivity contribution in [3.8, 4) is 17.2 Å². The van der Waals surface area contributed by atoms with Crippen molar-refractivity contribution in [2.75, 3.05) is 63.5 Å². The van der Waals surface area contributed by atoms with Crippen molar-refractivity contribution in [3.05, 3.63) is 93.9 Å². The number of benzene rings is 3. The Balaban J connectivity index is 1.31. The number of amides is 2. The summed E-state index contributed by atoms with van der Waals surface area (Å²) in [6.45, 7) is 13.5. The van der Waals surface area contributed by atoms with Crippen LogP contribution in [0, 0.1) is 27.7 Å². The maximum absolute atomic E-state index is 14.5. The van der Waals surface area contributed by atoms with Crippen LogP contribution in [0.3, 0.4) is 0 Å². The van der Waals surface area contributed by atoms with Crippen LogP contribution in [0.15, 0.2) is 54.7 Å². The van der Waals surface area contributed by atoms with Gasteiger partial charge in [-0.15, -0.1) is 0 Å². The second kappa shape index (κ2) is 14.0. The second-order valence-corrected chi connectivity index (χ2v) is 12.2. The number of carbonyl (C=O) groups excluding carboxylic acids is 1. The van der Waals surface area contributed by atoms with E-state index in [-0.39, 0.29) is 6.03 Å². The first-order valence-electron chi connectivity index (χ1n) is 16.0. The normalized spacial score (nSPS) is 15.1. The zero-order chi connectivity index (χ0) is 33.1. The van der Waals surface area contributed by atoms with Gasteiger partial charge in [0.05, 0.1) is 45.4 Å². The highest BCUT2D eigenvalue weighted by atomic mass is 16.5. The summed E-state index contributed by atoms with van der Waals surface area (Å²) in [4.78, 5) is 30.1. The fourth-order valence-electron chi connectivity index (χ4n) is 6.52. The van der Waals surface area contributed by atoms with Gasteiger partial charge in [0.25, 0.3) is 0 Å². The Kier molecular flexibility index (Phi) is 9.60. The number of hydrogen-bond acceptors (Lipinski definition) is 8. The average Bonchev–Trinajstić information content (AvgIpc) is 3.06. The fourth-order valence-corrected chi connectivity index (χ4v) is 6.52. The van der Waals surface area contributed by atoms with Gasteiger partial charge < -0.3 is 18.9 Å². The first-order chi connectivity index (χ1) is 22.8. The lowest BCUT2D eigenvalue weighted by atomic mass is 10.0. The van der Waals surface area contributed by atoms with Crippen LogP contribution in [0.5, 0.6) is 17.2 Å². The summed E-state index contributed by atoms with van der Waals surface area (Å²) >= 11 is 0. The molecule has 47 heavy (non-hydrogen) atoms. The summed E-state index contributed by atoms with van der Waals surface area (Å²) in [6, 6.07) is 15.5. The van der Waals surface area contributed by atoms with Crippen LogP contribution in [0.4, 0.5) is 22.0 Å². The molecule has 3 aromatic carbocycles. The van der Waals surface area contributed by atoms with Gasteiger partial charge in [0.1, 0.15) is 35.5 Å². The molecular formula is C37H43N5O5. The Morgan fingerprint density at radius 3 is 2.30 bits per heavy atom. The third kappa shape index (κ3) is 6.75. The maximum atomic E-state index is 14.5. The fraction of sp³-hybridized carbons (Fsp3) is 0.378. The van der Waals surface area contributed by atoms with Gasteiger partial charge in [0.2, 0.25) is 0 Å². The van der Waals surface area contributed by atoms with Crippen LogP contribution in [0.2, 0.25) is 0 Å². The quantitative estimate of drug-likeness (QED) is 0.200. The lowest BCUT2D eigenvalue weighted by Gasteiger charge is -2.37. The SMILES string of the molecule is COc1ccc(N2C(=O)N(c3c(C)cccc3C)Cc3cnc(Cc4cc(C)c(OCCN5CCOCC5)c(C)c4)nc32)c(OC)c1. The Morgan fingerprint density at radius 1 is 0.894 bits per heavy atom. The van der Waals surface area contributed by atoms with Crippen molar-refractivity contribution in [2.24, 2.45) is 0 Å². The van der Waals surface area contributed by atoms with Gasteiger partial charge in [-0.3, -0.25) is 9.80 Å². The Hall–Kier alpha value is -4.67. The van der Waals surface area contributed by atoms with Crippen molar-refractivity contribution in [1.29, 1.82) is 0 Å². The zero-order valence-electron chi connectivity index (χ0n) is 28.1. The van der Waals surface area contributed by atoms with E-state index < -0.39 is 0 Å². The smallest absolute Gasteiger partial charge is 0.335 e. The number of aromatic nitrogens is 2. The minimum absolute atomic E-state index is 0.215. The van der Waals surface area contributed by atoms with E-state index >= 15 is 0 Å². The monoisotopic (exact) mass is 637 g/mol. The van der Waals surface area contributed by atoms with Gasteiger partial charge in [0, 0.05) is 43.9 Å². The highest BCUT2D eigenvalue weighted by molar-refractivity contribution is 6.11. The molecule has 6 rings (SSSR count). The van der Waals surface area contributed by atoms with E-state index in [2.05, 4.69) is 30.9 Å². The number of anilines is 3. The molecule has 4 aromatic rings. The predicted octanol–water partition coefficient (Wildman–Crippen LogP) is 6.31. The van der Waals surface area contributed by atoms with Crippen LogP contribution >= 0.6 is 0 Å². The van der Waals surface area contributed by atoms with Crippen LogP contribution in [0.1, 0.15) is 39.2 Å². The van der Waals surface area contributed by atoms with Gasteiger partial charge in [-0.1, -0.05) is 30.3 Å². The van der Waals surface area contributed by atoms with Gasteiger partial charge in [-0.25, -0.2) is 19.7 Å². The number of carbonyl (C=O) groups is 1. The lowest BCUT2D eigenvalue weighted by Crippen LogP contribution is -2.46. The number of morpholine rings is 1. The molecule has 0 saturated carbocycles. The highest BCUT2D eigenvalue weighted by Crippen LogP contribution is 2.42. The molecule has 2 aliphatic rings. The van der Waals surface area contributed by atoms with Crippen LogP contribution in [-0.4, -0.2) is 74.6 Å². The third-order valence-corrected chi connectivity index (χ3v) is 8.83. The average molecular weight is 638 g/mol. The number of nitrogens with zero attached hydrogens (tertiary/aromatic N) is 5. The molecule has 1 saturated heterocycles. The number of fused-ring (bicyclic) bond motifs is 1. The topological polar surface area (TPSA) is 89.5 Å². The summed E-state index contributed by atoms with van der Waals surface area (Å²) in [7, 11) is 3.19. The molecule has 10 nitrogen and oxygen atoms in total. The molecule has 3 heterocycles. The summed E-state index contributed by atoms with van der Waals surface area (Å²) in [5, 5.41) is 0. The number of urea groups is 1. The number of para-hydroxylation sites is 1. The van der Waals surface area contributed by atoms with Crippen LogP contribution in [-0.2, 0) is 17.7 Å². The van der Waals surface area contributed by atoms with Gasteiger partial charge in [-0.05, 0) is 67.6 Å². The van der Waals surface area contributed by atoms with E-state index in [0.29, 0.717) is 48.4 Å². The van der Waals surface area contributed by atoms with E-state index in [1.165, 1.54) is 0 Å². The molecule has 2 amide bonds. The molecule has 0 N–H and O–H groups in total. The molecule has 0 spiro atoms. The van der Waals surface area contributed by atoms with Crippen molar-refractivity contribution >= 4 is 23.2 Å². The molecular weight excluding hydrogens is 594 g/mol. The number of rotatable bonds is 10. The van der Waals surface area contributed by atoms with Crippen molar-refractivity contribution in [2.45, 2.75) is 40.7 Å². The summed E-state index contributed by atoms with van der Waals surface area (Å²) in [5.41, 5.74) is 7.54. The molecule has 0 radical (unpaired) electrons. The molecule has 10 heteroatoms. The van der Waals surface area contributed by atoms with E-state index in [1.807, 2.05) is 50.4 Å².